The summed E-state index contributed by atoms with van der Waals surface area (Å²) in [6, 6.07) is 5.34. The number of rotatable bonds is 3. The number of methoxy groups -OCH3 is 1. The van der Waals surface area contributed by atoms with Gasteiger partial charge in [-0.3, -0.25) is 5.41 Å². The van der Waals surface area contributed by atoms with Gasteiger partial charge in [0, 0.05) is 17.0 Å². The molecule has 0 fully saturated rings. The molecule has 0 unspecified atom stereocenters. The van der Waals surface area contributed by atoms with Gasteiger partial charge in [0.2, 0.25) is 0 Å². The molecule has 0 amide bonds. The van der Waals surface area contributed by atoms with Crippen molar-refractivity contribution in [1.82, 2.24) is 0 Å². The number of nitrogens with two attached hydrogens (primary N) is 1. The van der Waals surface area contributed by atoms with E-state index in [0.717, 1.165) is 5.56 Å². The minimum atomic E-state index is 0.0754. The highest BCUT2D eigenvalue weighted by Gasteiger charge is 2.07. The number of benzene rings is 1. The van der Waals surface area contributed by atoms with E-state index in [-0.39, 0.29) is 5.84 Å². The summed E-state index contributed by atoms with van der Waals surface area (Å²) in [6.45, 7) is 0. The maximum Gasteiger partial charge on any atom is 0.123 e. The van der Waals surface area contributed by atoms with Crippen molar-refractivity contribution in [3.63, 3.8) is 0 Å². The lowest BCUT2D eigenvalue weighted by molar-refractivity contribution is 0.411. The molecule has 3 N–H and O–H groups in total. The monoisotopic (exact) mass is 198 g/mol. The van der Waals surface area contributed by atoms with Gasteiger partial charge in [0.15, 0.2) is 0 Å². The Morgan fingerprint density at radius 3 is 2.85 bits per heavy atom. The van der Waals surface area contributed by atoms with E-state index in [1.165, 1.54) is 0 Å². The average Bonchev–Trinajstić information content (AvgIpc) is 2.08. The predicted molar refractivity (Wildman–Crippen MR) is 53.6 cm³/mol. The minimum Gasteiger partial charge on any atom is -0.496 e. The van der Waals surface area contributed by atoms with Crippen molar-refractivity contribution in [3.8, 4) is 5.75 Å². The van der Waals surface area contributed by atoms with Crippen LogP contribution in [0.5, 0.6) is 5.75 Å². The smallest absolute Gasteiger partial charge is 0.123 e. The van der Waals surface area contributed by atoms with Gasteiger partial charge in [0.25, 0.3) is 0 Å². The third-order valence-electron chi connectivity index (χ3n) is 1.66. The highest BCUT2D eigenvalue weighted by Crippen LogP contribution is 2.26. The zero-order valence-electron chi connectivity index (χ0n) is 7.30. The van der Waals surface area contributed by atoms with Crippen LogP contribution >= 0.6 is 11.6 Å². The van der Waals surface area contributed by atoms with Crippen LogP contribution in [0.4, 0.5) is 0 Å². The van der Waals surface area contributed by atoms with Crippen molar-refractivity contribution < 1.29 is 4.74 Å². The standard InChI is InChI=1S/C9H11ClN2O/c1-13-8-4-2-3-7(10)6(8)5-9(11)12/h2-4H,5H2,1H3,(H3,11,12). The fourth-order valence-corrected chi connectivity index (χ4v) is 1.32. The van der Waals surface area contributed by atoms with E-state index in [1.54, 1.807) is 25.3 Å². The van der Waals surface area contributed by atoms with Crippen LogP contribution in [-0.4, -0.2) is 12.9 Å². The normalized spacial score (nSPS) is 9.69. The Morgan fingerprint density at radius 2 is 2.31 bits per heavy atom. The summed E-state index contributed by atoms with van der Waals surface area (Å²) in [5.74, 6) is 0.745. The van der Waals surface area contributed by atoms with Crippen LogP contribution in [0.1, 0.15) is 5.56 Å². The Labute approximate surface area is 82.0 Å². The molecule has 4 heteroatoms. The van der Waals surface area contributed by atoms with Gasteiger partial charge in [-0.05, 0) is 12.1 Å². The van der Waals surface area contributed by atoms with E-state index in [9.17, 15) is 0 Å². The molecule has 0 saturated carbocycles. The molecule has 0 aliphatic heterocycles. The molecular formula is C9H11ClN2O. The number of hydrogen-bond donors (Lipinski definition) is 2. The molecule has 0 saturated heterocycles. The summed E-state index contributed by atoms with van der Waals surface area (Å²) in [5, 5.41) is 7.74. The van der Waals surface area contributed by atoms with E-state index in [4.69, 9.17) is 27.5 Å². The van der Waals surface area contributed by atoms with E-state index < -0.39 is 0 Å². The third kappa shape index (κ3) is 2.36. The molecule has 70 valence electrons. The lowest BCUT2D eigenvalue weighted by atomic mass is 10.1. The molecule has 0 aliphatic rings. The van der Waals surface area contributed by atoms with Gasteiger partial charge < -0.3 is 10.5 Å². The van der Waals surface area contributed by atoms with Gasteiger partial charge >= 0.3 is 0 Å². The zero-order chi connectivity index (χ0) is 9.84. The van der Waals surface area contributed by atoms with E-state index >= 15 is 0 Å². The van der Waals surface area contributed by atoms with Crippen LogP contribution < -0.4 is 10.5 Å². The highest BCUT2D eigenvalue weighted by molar-refractivity contribution is 6.31. The molecule has 1 rings (SSSR count). The lowest BCUT2D eigenvalue weighted by Gasteiger charge is -2.08. The van der Waals surface area contributed by atoms with Crippen LogP contribution in [0.15, 0.2) is 18.2 Å². The third-order valence-corrected chi connectivity index (χ3v) is 2.02. The summed E-state index contributed by atoms with van der Waals surface area (Å²) >= 11 is 5.92. The van der Waals surface area contributed by atoms with Crippen LogP contribution in [0, 0.1) is 5.41 Å². The number of hydrogen-bond acceptors (Lipinski definition) is 2. The van der Waals surface area contributed by atoms with Crippen LogP contribution in [0.3, 0.4) is 0 Å². The first kappa shape index (κ1) is 9.86. The zero-order valence-corrected chi connectivity index (χ0v) is 8.06. The number of halogens is 1. The van der Waals surface area contributed by atoms with Gasteiger partial charge in [-0.25, -0.2) is 0 Å². The molecule has 0 bridgehead atoms. The molecule has 1 aromatic carbocycles. The molecular weight excluding hydrogens is 188 g/mol. The van der Waals surface area contributed by atoms with Crippen molar-refractivity contribution in [3.05, 3.63) is 28.8 Å². The highest BCUT2D eigenvalue weighted by atomic mass is 35.5. The second-order valence-electron chi connectivity index (χ2n) is 2.62. The van der Waals surface area contributed by atoms with Gasteiger partial charge in [-0.15, -0.1) is 0 Å². The SMILES string of the molecule is COc1cccc(Cl)c1CC(=N)N. The summed E-state index contributed by atoms with van der Waals surface area (Å²) < 4.78 is 5.09. The average molecular weight is 199 g/mol. The Hall–Kier alpha value is -1.22. The van der Waals surface area contributed by atoms with Gasteiger partial charge in [0.05, 0.1) is 12.9 Å². The van der Waals surface area contributed by atoms with E-state index in [2.05, 4.69) is 0 Å². The molecule has 3 nitrogen and oxygen atoms in total. The second kappa shape index (κ2) is 4.14. The van der Waals surface area contributed by atoms with Crippen molar-refractivity contribution in [2.75, 3.05) is 7.11 Å². The van der Waals surface area contributed by atoms with Crippen LogP contribution in [-0.2, 0) is 6.42 Å². The second-order valence-corrected chi connectivity index (χ2v) is 3.03. The summed E-state index contributed by atoms with van der Waals surface area (Å²) in [7, 11) is 1.56. The van der Waals surface area contributed by atoms with Crippen molar-refractivity contribution >= 4 is 17.4 Å². The molecule has 0 radical (unpaired) electrons. The molecule has 0 heterocycles. The quantitative estimate of drug-likeness (QED) is 0.575. The predicted octanol–water partition coefficient (Wildman–Crippen LogP) is 1.83. The van der Waals surface area contributed by atoms with E-state index in [0.29, 0.717) is 17.2 Å². The summed E-state index contributed by atoms with van der Waals surface area (Å²) in [5.41, 5.74) is 6.05. The fraction of sp³-hybridized carbons (Fsp3) is 0.222. The molecule has 0 aromatic heterocycles. The first-order chi connectivity index (χ1) is 6.15. The Bertz CT molecular complexity index is 325. The largest absolute Gasteiger partial charge is 0.496 e. The molecule has 13 heavy (non-hydrogen) atoms. The van der Waals surface area contributed by atoms with E-state index in [1.807, 2.05) is 0 Å². The lowest BCUT2D eigenvalue weighted by Crippen LogP contribution is -2.13. The number of nitrogens with one attached hydrogen (secondary N) is 1. The number of amidine groups is 1. The van der Waals surface area contributed by atoms with Crippen molar-refractivity contribution in [2.24, 2.45) is 5.73 Å². The minimum absolute atomic E-state index is 0.0754. The molecule has 0 aliphatic carbocycles. The molecule has 0 spiro atoms. The first-order valence-electron chi connectivity index (χ1n) is 3.79. The Kier molecular flexibility index (Phi) is 3.14. The van der Waals surface area contributed by atoms with Gasteiger partial charge in [-0.2, -0.15) is 0 Å². The van der Waals surface area contributed by atoms with Crippen LogP contribution in [0.2, 0.25) is 5.02 Å². The van der Waals surface area contributed by atoms with Crippen molar-refractivity contribution in [2.45, 2.75) is 6.42 Å². The summed E-state index contributed by atoms with van der Waals surface area (Å²) in [4.78, 5) is 0. The Morgan fingerprint density at radius 1 is 1.62 bits per heavy atom. The summed E-state index contributed by atoms with van der Waals surface area (Å²) in [6.07, 6.45) is 0.322. The fourth-order valence-electron chi connectivity index (χ4n) is 1.09. The topological polar surface area (TPSA) is 59.1 Å². The Balaban J connectivity index is 3.07. The van der Waals surface area contributed by atoms with Crippen LogP contribution in [0.25, 0.3) is 0 Å². The first-order valence-corrected chi connectivity index (χ1v) is 4.17. The van der Waals surface area contributed by atoms with Gasteiger partial charge in [-0.1, -0.05) is 17.7 Å². The maximum absolute atomic E-state index is 7.16. The molecule has 0 atom stereocenters. The maximum atomic E-state index is 7.16. The van der Waals surface area contributed by atoms with Crippen molar-refractivity contribution in [1.29, 1.82) is 5.41 Å². The molecule has 1 aromatic rings. The van der Waals surface area contributed by atoms with Gasteiger partial charge in [0.1, 0.15) is 5.75 Å². The number of ether oxygens (including phenoxy) is 1.